The third-order valence-corrected chi connectivity index (χ3v) is 2.66. The number of carbonyl (C=O) groups excluding carboxylic acids is 1. The summed E-state index contributed by atoms with van der Waals surface area (Å²) < 4.78 is 0. The average Bonchev–Trinajstić information content (AvgIpc) is 2.02. The molecule has 0 aliphatic heterocycles. The highest BCUT2D eigenvalue weighted by Gasteiger charge is 1.90. The predicted octanol–water partition coefficient (Wildman–Crippen LogP) is 1.82. The summed E-state index contributed by atoms with van der Waals surface area (Å²) in [5.41, 5.74) is 0. The van der Waals surface area contributed by atoms with Gasteiger partial charge in [-0.25, -0.2) is 0 Å². The van der Waals surface area contributed by atoms with Crippen molar-refractivity contribution in [3.05, 3.63) is 0 Å². The highest BCUT2D eigenvalue weighted by molar-refractivity contribution is 7.99. The van der Waals surface area contributed by atoms with E-state index in [0.717, 1.165) is 5.75 Å². The Morgan fingerprint density at radius 3 is 2.46 bits per heavy atom. The first-order valence-corrected chi connectivity index (χ1v) is 5.70. The topological polar surface area (TPSA) is 76.6 Å². The monoisotopic (exact) mass is 207 g/mol. The third kappa shape index (κ3) is 14.6. The maximum Gasteiger partial charge on any atom is 0.0422 e. The fraction of sp³-hybridized carbons (Fsp3) is 0.889. The highest BCUT2D eigenvalue weighted by Crippen LogP contribution is 2.08. The van der Waals surface area contributed by atoms with Crippen LogP contribution in [0.1, 0.15) is 39.0 Å². The molecule has 4 N–H and O–H groups in total. The molecule has 0 radical (unpaired) electrons. The van der Waals surface area contributed by atoms with Crippen LogP contribution in [0.2, 0.25) is 0 Å². The van der Waals surface area contributed by atoms with Gasteiger partial charge in [0.05, 0.1) is 0 Å². The fourth-order valence-electron chi connectivity index (χ4n) is 0.888. The molecule has 0 aromatic rings. The van der Waals surface area contributed by atoms with E-state index in [1.165, 1.54) is 25.7 Å². The summed E-state index contributed by atoms with van der Waals surface area (Å²) in [7, 11) is 0. The molecule has 0 aliphatic carbocycles. The van der Waals surface area contributed by atoms with E-state index >= 15 is 0 Å². The molecule has 0 aromatic heterocycles. The van der Waals surface area contributed by atoms with Crippen LogP contribution < -0.4 is 11.3 Å². The molecule has 0 aromatic carbocycles. The van der Waals surface area contributed by atoms with Gasteiger partial charge in [-0.3, -0.25) is 0 Å². The van der Waals surface area contributed by atoms with Gasteiger partial charge in [-0.15, -0.1) is 0 Å². The van der Waals surface area contributed by atoms with Crippen LogP contribution in [0.15, 0.2) is 0 Å². The van der Waals surface area contributed by atoms with E-state index in [1.54, 1.807) is 11.8 Å². The Hall–Kier alpha value is -0.220. The van der Waals surface area contributed by atoms with Crippen LogP contribution >= 0.6 is 11.8 Å². The average molecular weight is 207 g/mol. The molecular formula is C9H21NO2S. The van der Waals surface area contributed by atoms with Gasteiger partial charge in [0.25, 0.3) is 0 Å². The second-order valence-corrected chi connectivity index (χ2v) is 4.02. The zero-order valence-electron chi connectivity index (χ0n) is 8.67. The molecule has 0 rings (SSSR count). The Balaban J connectivity index is 0. The van der Waals surface area contributed by atoms with E-state index in [9.17, 15) is 9.90 Å². The lowest BCUT2D eigenvalue weighted by Crippen LogP contribution is -2.22. The molecule has 0 spiro atoms. The van der Waals surface area contributed by atoms with Crippen molar-refractivity contribution < 1.29 is 9.90 Å². The van der Waals surface area contributed by atoms with Gasteiger partial charge in [0.1, 0.15) is 0 Å². The van der Waals surface area contributed by atoms with Crippen LogP contribution in [0, 0.1) is 0 Å². The molecular weight excluding hydrogens is 186 g/mol. The number of unbranched alkanes of at least 4 members (excludes halogenated alkanes) is 3. The molecule has 0 saturated heterocycles. The lowest BCUT2D eigenvalue weighted by molar-refractivity contribution is -0.305. The Morgan fingerprint density at radius 2 is 1.92 bits per heavy atom. The van der Waals surface area contributed by atoms with Crippen molar-refractivity contribution in [3.8, 4) is 0 Å². The normalized spacial score (nSPS) is 9.31. The summed E-state index contributed by atoms with van der Waals surface area (Å²) in [5, 5.41) is 10.0. The first-order valence-electron chi connectivity index (χ1n) is 4.55. The summed E-state index contributed by atoms with van der Waals surface area (Å²) in [4.78, 5) is 10.0. The van der Waals surface area contributed by atoms with Gasteiger partial charge in [-0.05, 0) is 24.3 Å². The van der Waals surface area contributed by atoms with Crippen LogP contribution in [0.4, 0.5) is 0 Å². The summed E-state index contributed by atoms with van der Waals surface area (Å²) >= 11 is 1.71. The molecule has 3 nitrogen and oxygen atoms in total. The first-order chi connectivity index (χ1) is 5.77. The Bertz CT molecular complexity index is 120. The van der Waals surface area contributed by atoms with Crippen molar-refractivity contribution in [3.63, 3.8) is 0 Å². The van der Waals surface area contributed by atoms with E-state index in [-0.39, 0.29) is 12.6 Å². The number of aliphatic carboxylic acids is 1. The summed E-state index contributed by atoms with van der Waals surface area (Å²) in [6, 6.07) is 0. The van der Waals surface area contributed by atoms with Crippen molar-refractivity contribution >= 4 is 17.7 Å². The number of rotatable bonds is 8. The van der Waals surface area contributed by atoms with Crippen molar-refractivity contribution in [2.24, 2.45) is 0 Å². The highest BCUT2D eigenvalue weighted by atomic mass is 32.2. The maximum absolute atomic E-state index is 10.0. The van der Waals surface area contributed by atoms with Crippen molar-refractivity contribution in [2.75, 3.05) is 11.5 Å². The van der Waals surface area contributed by atoms with Crippen LogP contribution in [0.25, 0.3) is 0 Å². The molecule has 0 heterocycles. The largest absolute Gasteiger partial charge is 0.550 e. The lowest BCUT2D eigenvalue weighted by Gasteiger charge is -2.01. The SMILES string of the molecule is CCCCCCSCCC(=O)[O-].[NH4+]. The quantitative estimate of drug-likeness (QED) is 0.617. The smallest absolute Gasteiger partial charge is 0.0422 e. The van der Waals surface area contributed by atoms with Gasteiger partial charge in [0, 0.05) is 5.97 Å². The van der Waals surface area contributed by atoms with Crippen molar-refractivity contribution in [1.82, 2.24) is 6.15 Å². The van der Waals surface area contributed by atoms with Gasteiger partial charge in [-0.1, -0.05) is 26.2 Å². The second kappa shape index (κ2) is 11.8. The molecule has 0 bridgehead atoms. The number of carboxylic acid groups (broad SMARTS) is 1. The molecule has 0 fully saturated rings. The Kier molecular flexibility index (Phi) is 13.8. The minimum Gasteiger partial charge on any atom is -0.550 e. The Morgan fingerprint density at radius 1 is 1.23 bits per heavy atom. The number of thioether (sulfide) groups is 1. The minimum atomic E-state index is -0.934. The lowest BCUT2D eigenvalue weighted by atomic mass is 10.2. The zero-order chi connectivity index (χ0) is 9.23. The predicted molar refractivity (Wildman–Crippen MR) is 57.1 cm³/mol. The van der Waals surface area contributed by atoms with Gasteiger partial charge < -0.3 is 16.1 Å². The van der Waals surface area contributed by atoms with Crippen molar-refractivity contribution in [2.45, 2.75) is 39.0 Å². The van der Waals surface area contributed by atoms with E-state index < -0.39 is 5.97 Å². The molecule has 0 aliphatic rings. The van der Waals surface area contributed by atoms with E-state index in [4.69, 9.17) is 0 Å². The molecule has 0 amide bonds. The standard InChI is InChI=1S/C9H18O2S.H3N/c1-2-3-4-5-7-12-8-6-9(10)11;/h2-8H2,1H3,(H,10,11);1H3. The fourth-order valence-corrected chi connectivity index (χ4v) is 1.81. The molecule has 0 atom stereocenters. The molecule has 4 heteroatoms. The van der Waals surface area contributed by atoms with Crippen LogP contribution in [-0.2, 0) is 4.79 Å². The zero-order valence-corrected chi connectivity index (χ0v) is 9.49. The van der Waals surface area contributed by atoms with Gasteiger partial charge >= 0.3 is 0 Å². The number of hydrogen-bond donors (Lipinski definition) is 1. The molecule has 0 saturated carbocycles. The molecule has 13 heavy (non-hydrogen) atoms. The minimum absolute atomic E-state index is 0. The van der Waals surface area contributed by atoms with Crippen molar-refractivity contribution in [1.29, 1.82) is 0 Å². The Labute approximate surface area is 84.9 Å². The molecule has 80 valence electrons. The van der Waals surface area contributed by atoms with E-state index in [2.05, 4.69) is 6.92 Å². The van der Waals surface area contributed by atoms with Gasteiger partial charge in [-0.2, -0.15) is 11.8 Å². The second-order valence-electron chi connectivity index (χ2n) is 2.80. The number of hydrogen-bond acceptors (Lipinski definition) is 3. The van der Waals surface area contributed by atoms with E-state index in [0.29, 0.717) is 5.75 Å². The van der Waals surface area contributed by atoms with Crippen LogP contribution in [0.5, 0.6) is 0 Å². The number of quaternary nitrogens is 1. The molecule has 0 unspecified atom stereocenters. The van der Waals surface area contributed by atoms with Gasteiger partial charge in [0.2, 0.25) is 0 Å². The summed E-state index contributed by atoms with van der Waals surface area (Å²) in [6.45, 7) is 2.18. The maximum atomic E-state index is 10.0. The summed E-state index contributed by atoms with van der Waals surface area (Å²) in [6.07, 6.45) is 5.23. The third-order valence-electron chi connectivity index (χ3n) is 1.59. The van der Waals surface area contributed by atoms with Crippen LogP contribution in [0.3, 0.4) is 0 Å². The van der Waals surface area contributed by atoms with E-state index in [1.807, 2.05) is 0 Å². The van der Waals surface area contributed by atoms with Gasteiger partial charge in [0.15, 0.2) is 0 Å². The van der Waals surface area contributed by atoms with Crippen LogP contribution in [-0.4, -0.2) is 17.5 Å². The summed E-state index contributed by atoms with van der Waals surface area (Å²) in [5.74, 6) is 0.859. The number of carbonyl (C=O) groups is 1. The first kappa shape index (κ1) is 15.3. The number of carboxylic acids is 1.